The minimum Gasteiger partial charge on any atom is -0.496 e. The molecule has 0 saturated heterocycles. The number of nitrogens with zero attached hydrogens (tertiary/aromatic N) is 2. The molecule has 1 amide bonds. The number of methoxy groups -OCH3 is 1. The lowest BCUT2D eigenvalue weighted by Gasteiger charge is -2.11. The predicted molar refractivity (Wildman–Crippen MR) is 147 cm³/mol. The number of fused-ring (bicyclic) bond motifs is 1. The van der Waals surface area contributed by atoms with Crippen LogP contribution in [0.5, 0.6) is 11.5 Å². The van der Waals surface area contributed by atoms with Crippen molar-refractivity contribution in [3.63, 3.8) is 0 Å². The number of aromatic amines is 1. The summed E-state index contributed by atoms with van der Waals surface area (Å²) < 4.78 is 11.5. The van der Waals surface area contributed by atoms with Crippen molar-refractivity contribution in [1.29, 1.82) is 0 Å². The first-order valence-corrected chi connectivity index (χ1v) is 12.1. The van der Waals surface area contributed by atoms with Gasteiger partial charge >= 0.3 is 5.97 Å². The molecule has 0 aliphatic heterocycles. The van der Waals surface area contributed by atoms with Crippen molar-refractivity contribution in [3.8, 4) is 33.9 Å². The number of hydrogen-bond donors (Lipinski definition) is 3. The number of aromatic carboxylic acids is 1. The van der Waals surface area contributed by atoms with Gasteiger partial charge in [-0.3, -0.25) is 4.79 Å². The number of benzene rings is 2. The topological polar surface area (TPSA) is 117 Å². The third-order valence-electron chi connectivity index (χ3n) is 5.85. The fraction of sp³-hybridized carbons (Fsp3) is 0.207. The van der Waals surface area contributed by atoms with Crippen LogP contribution in [0.25, 0.3) is 33.4 Å². The Kier molecular flexibility index (Phi) is 8.40. The molecule has 3 N–H and O–H groups in total. The first-order chi connectivity index (χ1) is 18.4. The number of pyridine rings is 1. The Morgan fingerprint density at radius 1 is 1.08 bits per heavy atom. The number of amides is 1. The first-order valence-electron chi connectivity index (χ1n) is 12.1. The van der Waals surface area contributed by atoms with Crippen LogP contribution in [0.1, 0.15) is 10.4 Å². The highest BCUT2D eigenvalue weighted by Gasteiger charge is 2.14. The largest absolute Gasteiger partial charge is 0.496 e. The van der Waals surface area contributed by atoms with Gasteiger partial charge in [0.2, 0.25) is 5.91 Å². The van der Waals surface area contributed by atoms with Gasteiger partial charge in [-0.2, -0.15) is 0 Å². The molecule has 0 atom stereocenters. The van der Waals surface area contributed by atoms with E-state index in [1.54, 1.807) is 43.6 Å². The summed E-state index contributed by atoms with van der Waals surface area (Å²) in [6.45, 7) is 1.37. The Bertz CT molecular complexity index is 1460. The van der Waals surface area contributed by atoms with Crippen LogP contribution < -0.4 is 14.8 Å². The molecule has 2 aromatic heterocycles. The van der Waals surface area contributed by atoms with Gasteiger partial charge in [0, 0.05) is 29.8 Å². The number of carbonyl (C=O) groups is 2. The van der Waals surface area contributed by atoms with E-state index in [0.717, 1.165) is 27.8 Å². The predicted octanol–water partition coefficient (Wildman–Crippen LogP) is 4.22. The van der Waals surface area contributed by atoms with Crippen molar-refractivity contribution >= 4 is 22.9 Å². The fourth-order valence-electron chi connectivity index (χ4n) is 3.98. The molecule has 0 aliphatic rings. The zero-order valence-electron chi connectivity index (χ0n) is 21.5. The molecule has 0 radical (unpaired) electrons. The normalized spacial score (nSPS) is 11.3. The third-order valence-corrected chi connectivity index (χ3v) is 5.85. The second kappa shape index (κ2) is 12.1. The van der Waals surface area contributed by atoms with E-state index in [0.29, 0.717) is 36.8 Å². The van der Waals surface area contributed by atoms with Crippen LogP contribution in [0, 0.1) is 0 Å². The van der Waals surface area contributed by atoms with Gasteiger partial charge in [0.05, 0.1) is 24.9 Å². The summed E-state index contributed by atoms with van der Waals surface area (Å²) >= 11 is 0. The molecule has 4 rings (SSSR count). The number of ether oxygens (including phenoxy) is 2. The number of carboxylic acids is 1. The summed E-state index contributed by atoms with van der Waals surface area (Å²) in [5.74, 6) is 0.170. The molecule has 0 fully saturated rings. The molecule has 196 valence electrons. The Hall–Kier alpha value is -4.63. The zero-order valence-corrected chi connectivity index (χ0v) is 21.5. The van der Waals surface area contributed by atoms with Crippen molar-refractivity contribution < 1.29 is 24.2 Å². The van der Waals surface area contributed by atoms with E-state index in [1.807, 2.05) is 49.3 Å². The lowest BCUT2D eigenvalue weighted by Crippen LogP contribution is -2.26. The highest BCUT2D eigenvalue weighted by molar-refractivity contribution is 5.97. The Labute approximate surface area is 220 Å². The van der Waals surface area contributed by atoms with E-state index in [4.69, 9.17) is 9.47 Å². The van der Waals surface area contributed by atoms with E-state index in [1.165, 1.54) is 6.08 Å². The monoisotopic (exact) mass is 514 g/mol. The Morgan fingerprint density at radius 3 is 2.58 bits per heavy atom. The number of likely N-dealkylation sites (N-methyl/N-ethyl adjacent to an activating group) is 1. The van der Waals surface area contributed by atoms with Gasteiger partial charge in [0.15, 0.2) is 0 Å². The summed E-state index contributed by atoms with van der Waals surface area (Å²) in [5, 5.41) is 12.9. The van der Waals surface area contributed by atoms with Crippen molar-refractivity contribution in [2.75, 3.05) is 40.9 Å². The molecule has 9 heteroatoms. The Balaban J connectivity index is 1.52. The summed E-state index contributed by atoms with van der Waals surface area (Å²) in [5.41, 5.74) is 4.33. The fourth-order valence-corrected chi connectivity index (χ4v) is 3.98. The van der Waals surface area contributed by atoms with Gasteiger partial charge in [-0.25, -0.2) is 9.78 Å². The van der Waals surface area contributed by atoms with Crippen LogP contribution >= 0.6 is 0 Å². The van der Waals surface area contributed by atoms with Gasteiger partial charge in [0.25, 0.3) is 0 Å². The first kappa shape index (κ1) is 26.4. The second-order valence-electron chi connectivity index (χ2n) is 8.85. The van der Waals surface area contributed by atoms with Crippen LogP contribution in [0.3, 0.4) is 0 Å². The molecular formula is C29H30N4O5. The van der Waals surface area contributed by atoms with Gasteiger partial charge in [0.1, 0.15) is 23.8 Å². The molecule has 2 heterocycles. The van der Waals surface area contributed by atoms with Crippen LogP contribution in [0.4, 0.5) is 0 Å². The average Bonchev–Trinajstić information content (AvgIpc) is 3.35. The lowest BCUT2D eigenvalue weighted by molar-refractivity contribution is -0.116. The number of carboxylic acid groups (broad SMARTS) is 1. The van der Waals surface area contributed by atoms with E-state index in [-0.39, 0.29) is 11.5 Å². The molecule has 4 aromatic rings. The van der Waals surface area contributed by atoms with E-state index < -0.39 is 5.97 Å². The SMILES string of the molecule is COc1ccc(OCCNC(=O)/C=C/CN(C)C)cc1-c1cc2c(-c3ccc(C(=O)O)cc3)ccnc2[nH]1. The molecule has 38 heavy (non-hydrogen) atoms. The number of H-pyrrole nitrogens is 1. The molecule has 0 bridgehead atoms. The van der Waals surface area contributed by atoms with Crippen molar-refractivity contribution in [1.82, 2.24) is 20.2 Å². The van der Waals surface area contributed by atoms with Crippen LogP contribution in [-0.2, 0) is 4.79 Å². The van der Waals surface area contributed by atoms with Gasteiger partial charge in [-0.15, -0.1) is 0 Å². The Morgan fingerprint density at radius 2 is 1.87 bits per heavy atom. The van der Waals surface area contributed by atoms with Crippen molar-refractivity contribution in [3.05, 3.63) is 78.5 Å². The van der Waals surface area contributed by atoms with E-state index >= 15 is 0 Å². The number of hydrogen-bond acceptors (Lipinski definition) is 6. The van der Waals surface area contributed by atoms with E-state index in [2.05, 4.69) is 15.3 Å². The molecule has 0 saturated carbocycles. The summed E-state index contributed by atoms with van der Waals surface area (Å²) in [6.07, 6.45) is 5.03. The summed E-state index contributed by atoms with van der Waals surface area (Å²) in [7, 11) is 5.48. The van der Waals surface area contributed by atoms with Crippen molar-refractivity contribution in [2.45, 2.75) is 0 Å². The van der Waals surface area contributed by atoms with Crippen LogP contribution in [0.2, 0.25) is 0 Å². The van der Waals surface area contributed by atoms with Gasteiger partial charge in [-0.1, -0.05) is 18.2 Å². The lowest BCUT2D eigenvalue weighted by atomic mass is 10.0. The molecular weight excluding hydrogens is 484 g/mol. The summed E-state index contributed by atoms with van der Waals surface area (Å²) in [6, 6.07) is 16.2. The molecule has 0 unspecified atom stereocenters. The maximum absolute atomic E-state index is 11.9. The molecule has 2 aromatic carbocycles. The maximum Gasteiger partial charge on any atom is 0.335 e. The zero-order chi connectivity index (χ0) is 27.1. The average molecular weight is 515 g/mol. The quantitative estimate of drug-likeness (QED) is 0.203. The minimum absolute atomic E-state index is 0.162. The number of rotatable bonds is 11. The minimum atomic E-state index is -0.964. The third kappa shape index (κ3) is 6.37. The number of nitrogens with one attached hydrogen (secondary N) is 2. The van der Waals surface area contributed by atoms with Crippen LogP contribution in [-0.4, -0.2) is 72.8 Å². The second-order valence-corrected chi connectivity index (χ2v) is 8.85. The van der Waals surface area contributed by atoms with Crippen LogP contribution in [0.15, 0.2) is 72.9 Å². The summed E-state index contributed by atoms with van der Waals surface area (Å²) in [4.78, 5) is 32.9. The molecule has 0 aliphatic carbocycles. The number of aromatic nitrogens is 2. The number of carbonyl (C=O) groups excluding carboxylic acids is 1. The standard InChI is InChI=1S/C29H30N4O5/c1-33(2)15-4-5-27(34)30-14-16-38-21-10-11-26(37-3)24(17-21)25-18-23-22(12-13-31-28(23)32-25)19-6-8-20(9-7-19)29(35)36/h4-13,17-18H,14-16H2,1-3H3,(H,30,34)(H,31,32)(H,35,36)/b5-4+. The highest BCUT2D eigenvalue weighted by Crippen LogP contribution is 2.37. The highest BCUT2D eigenvalue weighted by atomic mass is 16.5. The van der Waals surface area contributed by atoms with Gasteiger partial charge < -0.3 is 29.8 Å². The molecule has 0 spiro atoms. The maximum atomic E-state index is 11.9. The van der Waals surface area contributed by atoms with Crippen molar-refractivity contribution in [2.24, 2.45) is 0 Å². The van der Waals surface area contributed by atoms with E-state index in [9.17, 15) is 14.7 Å². The smallest absolute Gasteiger partial charge is 0.335 e. The molecule has 9 nitrogen and oxygen atoms in total. The van der Waals surface area contributed by atoms with Gasteiger partial charge in [-0.05, 0) is 67.7 Å².